The van der Waals surface area contributed by atoms with Gasteiger partial charge in [0, 0.05) is 13.1 Å². The molecule has 0 radical (unpaired) electrons. The largest absolute Gasteiger partial charge is 0.482 e. The molecule has 2 rings (SSSR count). The average Bonchev–Trinajstić information content (AvgIpc) is 3.42. The van der Waals surface area contributed by atoms with Gasteiger partial charge in [-0.2, -0.15) is 5.26 Å². The molecule has 1 aromatic rings. The van der Waals surface area contributed by atoms with E-state index in [0.717, 1.165) is 13.0 Å². The van der Waals surface area contributed by atoms with E-state index in [-0.39, 0.29) is 19.1 Å². The fourth-order valence-corrected chi connectivity index (χ4v) is 2.24. The van der Waals surface area contributed by atoms with Crippen LogP contribution < -0.4 is 4.74 Å². The Hall–Kier alpha value is -2.55. The fourth-order valence-electron chi connectivity index (χ4n) is 2.24. The van der Waals surface area contributed by atoms with Crippen molar-refractivity contribution < 1.29 is 19.1 Å². The summed E-state index contributed by atoms with van der Waals surface area (Å²) >= 11 is 0. The van der Waals surface area contributed by atoms with Crippen molar-refractivity contribution in [3.05, 3.63) is 29.8 Å². The molecule has 0 saturated heterocycles. The van der Waals surface area contributed by atoms with E-state index in [0.29, 0.717) is 23.8 Å². The molecule has 1 aliphatic carbocycles. The van der Waals surface area contributed by atoms with E-state index < -0.39 is 5.97 Å². The van der Waals surface area contributed by atoms with Crippen LogP contribution in [0.25, 0.3) is 0 Å². The normalized spacial score (nSPS) is 13.0. The Morgan fingerprint density at radius 2 is 1.96 bits per heavy atom. The molecule has 1 amide bonds. The van der Waals surface area contributed by atoms with E-state index >= 15 is 0 Å². The van der Waals surface area contributed by atoms with Crippen molar-refractivity contribution in [2.75, 3.05) is 26.3 Å². The Balaban J connectivity index is 1.70. The molecule has 0 aliphatic heterocycles. The molecule has 1 fully saturated rings. The van der Waals surface area contributed by atoms with Gasteiger partial charge in [-0.15, -0.1) is 0 Å². The van der Waals surface area contributed by atoms with E-state index in [1.807, 2.05) is 13.0 Å². The summed E-state index contributed by atoms with van der Waals surface area (Å²) in [6.45, 7) is 2.95. The summed E-state index contributed by atoms with van der Waals surface area (Å²) in [6, 6.07) is 8.42. The number of rotatable bonds is 9. The van der Waals surface area contributed by atoms with Crippen LogP contribution in [-0.2, 0) is 14.3 Å². The van der Waals surface area contributed by atoms with E-state index in [9.17, 15) is 9.59 Å². The molecule has 1 saturated carbocycles. The monoisotopic (exact) mass is 330 g/mol. The third kappa shape index (κ3) is 5.92. The number of carbonyl (C=O) groups is 2. The predicted molar refractivity (Wildman–Crippen MR) is 87.2 cm³/mol. The predicted octanol–water partition coefficient (Wildman–Crippen LogP) is 2.13. The van der Waals surface area contributed by atoms with Gasteiger partial charge in [-0.3, -0.25) is 4.79 Å². The zero-order valence-electron chi connectivity index (χ0n) is 13.9. The molecular formula is C18H22N2O4. The maximum atomic E-state index is 12.1. The summed E-state index contributed by atoms with van der Waals surface area (Å²) in [5.41, 5.74) is 0.516. The van der Waals surface area contributed by atoms with Crippen LogP contribution in [0.5, 0.6) is 5.75 Å². The van der Waals surface area contributed by atoms with Gasteiger partial charge in [-0.05, 0) is 49.4 Å². The van der Waals surface area contributed by atoms with Crippen molar-refractivity contribution in [1.29, 1.82) is 5.26 Å². The second-order valence-corrected chi connectivity index (χ2v) is 5.87. The zero-order valence-corrected chi connectivity index (χ0v) is 13.9. The number of nitriles is 1. The van der Waals surface area contributed by atoms with Gasteiger partial charge in [0.1, 0.15) is 5.75 Å². The number of hydrogen-bond donors (Lipinski definition) is 0. The van der Waals surface area contributed by atoms with Crippen LogP contribution in [0.2, 0.25) is 0 Å². The van der Waals surface area contributed by atoms with Crippen LogP contribution in [0, 0.1) is 17.2 Å². The standard InChI is InChI=1S/C18H22N2O4/c1-2-9-20(11-15-3-4-15)17(21)12-24-18(22)13-23-16-7-5-14(10-19)6-8-16/h5-8,15H,2-4,9,11-13H2,1H3. The van der Waals surface area contributed by atoms with Gasteiger partial charge in [0.25, 0.3) is 5.91 Å². The van der Waals surface area contributed by atoms with E-state index in [1.165, 1.54) is 12.8 Å². The summed E-state index contributed by atoms with van der Waals surface area (Å²) in [5, 5.41) is 8.71. The minimum Gasteiger partial charge on any atom is -0.482 e. The zero-order chi connectivity index (χ0) is 17.4. The number of amides is 1. The number of benzene rings is 1. The summed E-state index contributed by atoms with van der Waals surface area (Å²) in [4.78, 5) is 25.6. The highest BCUT2D eigenvalue weighted by Gasteiger charge is 2.26. The van der Waals surface area contributed by atoms with Gasteiger partial charge in [-0.1, -0.05) is 6.92 Å². The van der Waals surface area contributed by atoms with Gasteiger partial charge < -0.3 is 14.4 Å². The second kappa shape index (κ2) is 8.92. The first kappa shape index (κ1) is 17.8. The lowest BCUT2D eigenvalue weighted by atomic mass is 10.2. The Morgan fingerprint density at radius 3 is 2.54 bits per heavy atom. The molecule has 24 heavy (non-hydrogen) atoms. The topological polar surface area (TPSA) is 79.6 Å². The summed E-state index contributed by atoms with van der Waals surface area (Å²) in [7, 11) is 0. The molecular weight excluding hydrogens is 308 g/mol. The second-order valence-electron chi connectivity index (χ2n) is 5.87. The molecule has 0 heterocycles. The summed E-state index contributed by atoms with van der Waals surface area (Å²) < 4.78 is 10.3. The Bertz CT molecular complexity index is 602. The molecule has 0 atom stereocenters. The fraction of sp³-hybridized carbons (Fsp3) is 0.500. The lowest BCUT2D eigenvalue weighted by Crippen LogP contribution is -2.37. The lowest BCUT2D eigenvalue weighted by Gasteiger charge is -2.21. The highest BCUT2D eigenvalue weighted by atomic mass is 16.6. The van der Waals surface area contributed by atoms with Gasteiger partial charge in [0.2, 0.25) is 0 Å². The van der Waals surface area contributed by atoms with E-state index in [2.05, 4.69) is 0 Å². The minimum absolute atomic E-state index is 0.157. The molecule has 6 nitrogen and oxygen atoms in total. The van der Waals surface area contributed by atoms with Crippen LogP contribution in [0.1, 0.15) is 31.7 Å². The molecule has 0 bridgehead atoms. The minimum atomic E-state index is -0.587. The number of esters is 1. The number of nitrogens with zero attached hydrogens (tertiary/aromatic N) is 2. The SMILES string of the molecule is CCCN(CC1CC1)C(=O)COC(=O)COc1ccc(C#N)cc1. The van der Waals surface area contributed by atoms with Crippen molar-refractivity contribution in [3.63, 3.8) is 0 Å². The first-order chi connectivity index (χ1) is 11.6. The highest BCUT2D eigenvalue weighted by Crippen LogP contribution is 2.29. The van der Waals surface area contributed by atoms with Crippen molar-refractivity contribution in [2.24, 2.45) is 5.92 Å². The molecule has 1 aromatic carbocycles. The van der Waals surface area contributed by atoms with Crippen LogP contribution >= 0.6 is 0 Å². The summed E-state index contributed by atoms with van der Waals surface area (Å²) in [5.74, 6) is 0.334. The third-order valence-electron chi connectivity index (χ3n) is 3.72. The molecule has 0 aromatic heterocycles. The van der Waals surface area contributed by atoms with E-state index in [1.54, 1.807) is 29.2 Å². The number of ether oxygens (including phenoxy) is 2. The van der Waals surface area contributed by atoms with Gasteiger partial charge in [-0.25, -0.2) is 4.79 Å². The molecule has 1 aliphatic rings. The van der Waals surface area contributed by atoms with Gasteiger partial charge in [0.15, 0.2) is 13.2 Å². The maximum Gasteiger partial charge on any atom is 0.344 e. The molecule has 0 N–H and O–H groups in total. The molecule has 0 spiro atoms. The van der Waals surface area contributed by atoms with E-state index in [4.69, 9.17) is 14.7 Å². The maximum absolute atomic E-state index is 12.1. The Kier molecular flexibility index (Phi) is 6.62. The smallest absolute Gasteiger partial charge is 0.344 e. The Labute approximate surface area is 142 Å². The lowest BCUT2D eigenvalue weighted by molar-refractivity contribution is -0.153. The quantitative estimate of drug-likeness (QED) is 0.648. The van der Waals surface area contributed by atoms with Crippen molar-refractivity contribution in [2.45, 2.75) is 26.2 Å². The number of hydrogen-bond acceptors (Lipinski definition) is 5. The molecule has 0 unspecified atom stereocenters. The first-order valence-corrected chi connectivity index (χ1v) is 8.18. The highest BCUT2D eigenvalue weighted by molar-refractivity contribution is 5.81. The number of carbonyl (C=O) groups excluding carboxylic acids is 2. The average molecular weight is 330 g/mol. The Morgan fingerprint density at radius 1 is 1.25 bits per heavy atom. The van der Waals surface area contributed by atoms with Crippen LogP contribution in [0.15, 0.2) is 24.3 Å². The summed E-state index contributed by atoms with van der Waals surface area (Å²) in [6.07, 6.45) is 3.23. The van der Waals surface area contributed by atoms with Crippen molar-refractivity contribution in [1.82, 2.24) is 4.90 Å². The molecule has 128 valence electrons. The third-order valence-corrected chi connectivity index (χ3v) is 3.72. The van der Waals surface area contributed by atoms with Crippen molar-refractivity contribution in [3.8, 4) is 11.8 Å². The van der Waals surface area contributed by atoms with Gasteiger partial charge >= 0.3 is 5.97 Å². The van der Waals surface area contributed by atoms with Crippen LogP contribution in [0.4, 0.5) is 0 Å². The van der Waals surface area contributed by atoms with Gasteiger partial charge in [0.05, 0.1) is 11.6 Å². The van der Waals surface area contributed by atoms with Crippen molar-refractivity contribution >= 4 is 11.9 Å². The first-order valence-electron chi connectivity index (χ1n) is 8.18. The van der Waals surface area contributed by atoms with Crippen LogP contribution in [0.3, 0.4) is 0 Å². The molecule has 6 heteroatoms. The van der Waals surface area contributed by atoms with Crippen LogP contribution in [-0.4, -0.2) is 43.1 Å².